The van der Waals surface area contributed by atoms with E-state index in [0.29, 0.717) is 5.56 Å². The molecule has 1 aliphatic heterocycles. The van der Waals surface area contributed by atoms with Crippen LogP contribution in [0, 0.1) is 5.82 Å². The Hall–Kier alpha value is -1.67. The molecule has 8 heteroatoms. The highest BCUT2D eigenvalue weighted by Gasteiger charge is 2.37. The Kier molecular flexibility index (Phi) is 2.90. The normalized spacial score (nSPS) is 23.3. The second-order valence-corrected chi connectivity index (χ2v) is 5.05. The number of halogens is 2. The van der Waals surface area contributed by atoms with Gasteiger partial charge in [-0.3, -0.25) is 4.55 Å². The molecule has 0 saturated carbocycles. The van der Waals surface area contributed by atoms with Crippen LogP contribution in [0.3, 0.4) is 0 Å². The molecular formula is C11H9F2N3O2S. The molecule has 2 aromatic rings. The molecule has 1 aliphatic rings. The summed E-state index contributed by atoms with van der Waals surface area (Å²) >= 11 is -2.38. The van der Waals surface area contributed by atoms with Crippen LogP contribution in [0.2, 0.25) is 0 Å². The summed E-state index contributed by atoms with van der Waals surface area (Å²) in [5.74, 6) is -0.500. The van der Waals surface area contributed by atoms with Crippen LogP contribution < -0.4 is 0 Å². The van der Waals surface area contributed by atoms with Crippen LogP contribution in [0.25, 0.3) is 0 Å². The van der Waals surface area contributed by atoms with Gasteiger partial charge < -0.3 is 0 Å². The van der Waals surface area contributed by atoms with Gasteiger partial charge in [0.15, 0.2) is 12.0 Å². The van der Waals surface area contributed by atoms with Gasteiger partial charge in [-0.2, -0.15) is 4.98 Å². The maximum Gasteiger partial charge on any atom is 0.266 e. The summed E-state index contributed by atoms with van der Waals surface area (Å²) < 4.78 is 48.6. The van der Waals surface area contributed by atoms with Crippen LogP contribution in [-0.4, -0.2) is 23.5 Å². The van der Waals surface area contributed by atoms with Gasteiger partial charge in [0.05, 0.1) is 6.04 Å². The average Bonchev–Trinajstić information content (AvgIpc) is 2.92. The van der Waals surface area contributed by atoms with Gasteiger partial charge in [0, 0.05) is 12.0 Å². The SMILES string of the molecule is O=S(O)c1nc2n(n1)[C@H](c1ccccc1F)C[C@@H]2F. The molecule has 2 heterocycles. The number of benzene rings is 1. The Morgan fingerprint density at radius 1 is 1.42 bits per heavy atom. The monoisotopic (exact) mass is 285 g/mol. The van der Waals surface area contributed by atoms with Crippen molar-refractivity contribution in [2.75, 3.05) is 0 Å². The van der Waals surface area contributed by atoms with E-state index in [-0.39, 0.29) is 17.4 Å². The van der Waals surface area contributed by atoms with E-state index in [2.05, 4.69) is 10.1 Å². The first-order valence-corrected chi connectivity index (χ1v) is 6.64. The molecule has 3 atom stereocenters. The number of nitrogens with zero attached hydrogens (tertiary/aromatic N) is 3. The topological polar surface area (TPSA) is 68.0 Å². The second-order valence-electron chi connectivity index (χ2n) is 4.19. The second kappa shape index (κ2) is 4.46. The number of rotatable bonds is 2. The van der Waals surface area contributed by atoms with Gasteiger partial charge in [-0.15, -0.1) is 5.10 Å². The van der Waals surface area contributed by atoms with E-state index >= 15 is 0 Å². The zero-order valence-electron chi connectivity index (χ0n) is 9.53. The van der Waals surface area contributed by atoms with Crippen LogP contribution >= 0.6 is 0 Å². The third kappa shape index (κ3) is 1.96. The largest absolute Gasteiger partial charge is 0.300 e. The molecule has 19 heavy (non-hydrogen) atoms. The minimum atomic E-state index is -2.38. The predicted octanol–water partition coefficient (Wildman–Crippen LogP) is 2.00. The molecule has 1 aromatic carbocycles. The van der Waals surface area contributed by atoms with E-state index < -0.39 is 29.1 Å². The van der Waals surface area contributed by atoms with Crippen molar-refractivity contribution in [3.63, 3.8) is 0 Å². The Labute approximate surface area is 109 Å². The molecule has 0 saturated heterocycles. The lowest BCUT2D eigenvalue weighted by Crippen LogP contribution is -2.10. The van der Waals surface area contributed by atoms with Crippen LogP contribution in [0.5, 0.6) is 0 Å². The number of aromatic nitrogens is 3. The molecule has 1 N–H and O–H groups in total. The minimum absolute atomic E-state index is 0.0224. The third-order valence-electron chi connectivity index (χ3n) is 3.06. The minimum Gasteiger partial charge on any atom is -0.300 e. The first-order chi connectivity index (χ1) is 9.08. The van der Waals surface area contributed by atoms with Crippen molar-refractivity contribution in [2.45, 2.75) is 23.8 Å². The van der Waals surface area contributed by atoms with Gasteiger partial charge in [-0.05, 0) is 6.07 Å². The first-order valence-electron chi connectivity index (χ1n) is 5.53. The average molecular weight is 285 g/mol. The molecule has 0 spiro atoms. The van der Waals surface area contributed by atoms with Gasteiger partial charge in [-0.25, -0.2) is 17.7 Å². The van der Waals surface area contributed by atoms with Crippen LogP contribution in [0.4, 0.5) is 8.78 Å². The van der Waals surface area contributed by atoms with Gasteiger partial charge in [0.25, 0.3) is 5.16 Å². The molecule has 0 bridgehead atoms. The zero-order valence-corrected chi connectivity index (χ0v) is 10.3. The molecule has 0 amide bonds. The smallest absolute Gasteiger partial charge is 0.266 e. The predicted molar refractivity (Wildman–Crippen MR) is 62.1 cm³/mol. The van der Waals surface area contributed by atoms with Gasteiger partial charge >= 0.3 is 0 Å². The number of fused-ring (bicyclic) bond motifs is 1. The van der Waals surface area contributed by atoms with Crippen molar-refractivity contribution >= 4 is 11.1 Å². The zero-order chi connectivity index (χ0) is 13.6. The maximum atomic E-state index is 13.8. The van der Waals surface area contributed by atoms with Gasteiger partial charge in [0.2, 0.25) is 11.1 Å². The van der Waals surface area contributed by atoms with Crippen molar-refractivity contribution < 1.29 is 17.5 Å². The molecule has 0 aliphatic carbocycles. The Morgan fingerprint density at radius 3 is 2.84 bits per heavy atom. The van der Waals surface area contributed by atoms with E-state index in [0.717, 1.165) is 0 Å². The highest BCUT2D eigenvalue weighted by Crippen LogP contribution is 2.40. The summed E-state index contributed by atoms with van der Waals surface area (Å²) in [5.41, 5.74) is 0.295. The van der Waals surface area contributed by atoms with Crippen molar-refractivity contribution in [1.82, 2.24) is 14.8 Å². The maximum absolute atomic E-state index is 13.8. The summed E-state index contributed by atoms with van der Waals surface area (Å²) in [6.45, 7) is 0. The molecule has 100 valence electrons. The van der Waals surface area contributed by atoms with Crippen molar-refractivity contribution in [3.8, 4) is 0 Å². The van der Waals surface area contributed by atoms with Crippen molar-refractivity contribution in [2.24, 2.45) is 0 Å². The molecule has 0 radical (unpaired) electrons. The van der Waals surface area contributed by atoms with Crippen LogP contribution in [0.15, 0.2) is 29.4 Å². The van der Waals surface area contributed by atoms with E-state index in [9.17, 15) is 13.0 Å². The fraction of sp³-hybridized carbons (Fsp3) is 0.273. The standard InChI is InChI=1S/C11H9F2N3O2S/c12-7-4-2-1-3-6(7)9-5-8(13)10-14-11(19(17)18)15-16(9)10/h1-4,8-9H,5H2,(H,17,18)/t8-,9-/m0/s1. The molecule has 1 unspecified atom stereocenters. The number of alkyl halides is 1. The summed E-state index contributed by atoms with van der Waals surface area (Å²) in [6.07, 6.45) is -1.40. The lowest BCUT2D eigenvalue weighted by molar-refractivity contribution is 0.325. The third-order valence-corrected chi connectivity index (χ3v) is 3.55. The van der Waals surface area contributed by atoms with E-state index in [1.165, 1.54) is 16.8 Å². The molecular weight excluding hydrogens is 276 g/mol. The quantitative estimate of drug-likeness (QED) is 0.857. The Balaban J connectivity index is 2.09. The molecule has 5 nitrogen and oxygen atoms in total. The Morgan fingerprint density at radius 2 is 2.16 bits per heavy atom. The fourth-order valence-corrected chi connectivity index (χ4v) is 2.57. The van der Waals surface area contributed by atoms with Crippen LogP contribution in [0.1, 0.15) is 30.0 Å². The van der Waals surface area contributed by atoms with E-state index in [1.807, 2.05) is 0 Å². The summed E-state index contributed by atoms with van der Waals surface area (Å²) in [7, 11) is 0. The Bertz CT molecular complexity index is 661. The van der Waals surface area contributed by atoms with Crippen LogP contribution in [-0.2, 0) is 11.1 Å². The summed E-state index contributed by atoms with van der Waals surface area (Å²) in [4.78, 5) is 3.68. The highest BCUT2D eigenvalue weighted by molar-refractivity contribution is 7.79. The highest BCUT2D eigenvalue weighted by atomic mass is 32.2. The summed E-state index contributed by atoms with van der Waals surface area (Å²) in [5, 5.41) is 3.43. The lowest BCUT2D eigenvalue weighted by atomic mass is 10.0. The lowest BCUT2D eigenvalue weighted by Gasteiger charge is -2.12. The van der Waals surface area contributed by atoms with Crippen molar-refractivity contribution in [1.29, 1.82) is 0 Å². The molecule has 3 rings (SSSR count). The number of hydrogen-bond donors (Lipinski definition) is 1. The number of hydrogen-bond acceptors (Lipinski definition) is 3. The van der Waals surface area contributed by atoms with Crippen molar-refractivity contribution in [3.05, 3.63) is 41.5 Å². The molecule has 1 aromatic heterocycles. The van der Waals surface area contributed by atoms with Gasteiger partial charge in [-0.1, -0.05) is 18.2 Å². The summed E-state index contributed by atoms with van der Waals surface area (Å²) in [6, 6.07) is 5.36. The van der Waals surface area contributed by atoms with Gasteiger partial charge in [0.1, 0.15) is 5.82 Å². The fourth-order valence-electron chi connectivity index (χ4n) is 2.24. The van der Waals surface area contributed by atoms with E-state index in [4.69, 9.17) is 4.55 Å². The molecule has 0 fully saturated rings. The first kappa shape index (κ1) is 12.4. The van der Waals surface area contributed by atoms with E-state index in [1.54, 1.807) is 12.1 Å².